The summed E-state index contributed by atoms with van der Waals surface area (Å²) in [7, 11) is 3.16. The molecule has 0 aliphatic heterocycles. The lowest BCUT2D eigenvalue weighted by atomic mass is 10.2. The zero-order valence-electron chi connectivity index (χ0n) is 14.4. The Balaban J connectivity index is 1.99. The Morgan fingerprint density at radius 2 is 1.92 bits per heavy atom. The number of aromatic nitrogens is 1. The summed E-state index contributed by atoms with van der Waals surface area (Å²) in [6.07, 6.45) is 0. The summed E-state index contributed by atoms with van der Waals surface area (Å²) in [5, 5.41) is 2.94. The first-order valence-corrected chi connectivity index (χ1v) is 8.39. The molecule has 1 aromatic carbocycles. The quantitative estimate of drug-likeness (QED) is 0.736. The van der Waals surface area contributed by atoms with Gasteiger partial charge in [-0.2, -0.15) is 0 Å². The molecule has 0 bridgehead atoms. The van der Waals surface area contributed by atoms with Crippen LogP contribution in [0.15, 0.2) is 18.2 Å². The number of ether oxygens (including phenoxy) is 2. The Hall–Kier alpha value is -2.47. The SMILES string of the molecule is COc1ccc(NC(=O)c2c(C)sc3c(C)c(C)[nH]c23)c(OC)c1. The van der Waals surface area contributed by atoms with Gasteiger partial charge in [-0.05, 0) is 38.5 Å². The van der Waals surface area contributed by atoms with Gasteiger partial charge < -0.3 is 19.8 Å². The Kier molecular flexibility index (Phi) is 4.24. The van der Waals surface area contributed by atoms with Crippen LogP contribution in [0.5, 0.6) is 11.5 Å². The van der Waals surface area contributed by atoms with Crippen LogP contribution in [0.3, 0.4) is 0 Å². The van der Waals surface area contributed by atoms with Crippen molar-refractivity contribution in [1.29, 1.82) is 0 Å². The fourth-order valence-corrected chi connectivity index (χ4v) is 3.90. The van der Waals surface area contributed by atoms with Crippen LogP contribution < -0.4 is 14.8 Å². The van der Waals surface area contributed by atoms with Crippen molar-refractivity contribution in [2.75, 3.05) is 19.5 Å². The minimum absolute atomic E-state index is 0.150. The number of thiophene rings is 1. The number of aromatic amines is 1. The fourth-order valence-electron chi connectivity index (χ4n) is 2.74. The van der Waals surface area contributed by atoms with Gasteiger partial charge in [0.15, 0.2) is 0 Å². The van der Waals surface area contributed by atoms with Gasteiger partial charge in [-0.1, -0.05) is 0 Å². The average molecular weight is 344 g/mol. The molecule has 0 saturated heterocycles. The predicted molar refractivity (Wildman–Crippen MR) is 97.9 cm³/mol. The summed E-state index contributed by atoms with van der Waals surface area (Å²) >= 11 is 1.64. The molecule has 1 amide bonds. The molecule has 0 aliphatic carbocycles. The third kappa shape index (κ3) is 2.63. The maximum atomic E-state index is 12.8. The summed E-state index contributed by atoms with van der Waals surface area (Å²) in [6, 6.07) is 5.31. The molecule has 0 spiro atoms. The highest BCUT2D eigenvalue weighted by Crippen LogP contribution is 2.36. The van der Waals surface area contributed by atoms with Crippen molar-refractivity contribution in [2.24, 2.45) is 0 Å². The van der Waals surface area contributed by atoms with E-state index in [-0.39, 0.29) is 5.91 Å². The molecule has 5 nitrogen and oxygen atoms in total. The van der Waals surface area contributed by atoms with E-state index >= 15 is 0 Å². The highest BCUT2D eigenvalue weighted by atomic mass is 32.1. The number of benzene rings is 1. The number of aryl methyl sites for hydroxylation is 3. The second kappa shape index (κ2) is 6.20. The van der Waals surface area contributed by atoms with Gasteiger partial charge in [0.25, 0.3) is 5.91 Å². The third-order valence-corrected chi connectivity index (χ3v) is 5.41. The Bertz CT molecular complexity index is 924. The van der Waals surface area contributed by atoms with Crippen molar-refractivity contribution in [3.05, 3.63) is 39.9 Å². The Morgan fingerprint density at radius 3 is 2.58 bits per heavy atom. The van der Waals surface area contributed by atoms with E-state index in [9.17, 15) is 4.79 Å². The van der Waals surface area contributed by atoms with Gasteiger partial charge in [-0.15, -0.1) is 11.3 Å². The number of rotatable bonds is 4. The molecule has 3 rings (SSSR count). The van der Waals surface area contributed by atoms with Crippen LogP contribution in [0, 0.1) is 20.8 Å². The molecule has 2 N–H and O–H groups in total. The van der Waals surface area contributed by atoms with Gasteiger partial charge >= 0.3 is 0 Å². The van der Waals surface area contributed by atoms with Crippen LogP contribution in [-0.2, 0) is 0 Å². The molecule has 2 aromatic heterocycles. The van der Waals surface area contributed by atoms with Crippen LogP contribution in [0.1, 0.15) is 26.5 Å². The third-order valence-electron chi connectivity index (χ3n) is 4.18. The maximum absolute atomic E-state index is 12.8. The summed E-state index contributed by atoms with van der Waals surface area (Å²) < 4.78 is 11.7. The molecule has 126 valence electrons. The summed E-state index contributed by atoms with van der Waals surface area (Å²) in [5.41, 5.74) is 4.48. The fraction of sp³-hybridized carbons (Fsp3) is 0.278. The lowest BCUT2D eigenvalue weighted by Crippen LogP contribution is -2.13. The van der Waals surface area contributed by atoms with Gasteiger partial charge in [0.05, 0.1) is 35.7 Å². The largest absolute Gasteiger partial charge is 0.497 e. The molecule has 0 saturated carbocycles. The minimum Gasteiger partial charge on any atom is -0.497 e. The molecule has 24 heavy (non-hydrogen) atoms. The number of fused-ring (bicyclic) bond motifs is 1. The molecule has 0 radical (unpaired) electrons. The average Bonchev–Trinajstić information content (AvgIpc) is 3.03. The van der Waals surface area contributed by atoms with Gasteiger partial charge in [-0.25, -0.2) is 0 Å². The number of hydrogen-bond acceptors (Lipinski definition) is 4. The van der Waals surface area contributed by atoms with Crippen molar-refractivity contribution >= 4 is 33.1 Å². The van der Waals surface area contributed by atoms with Crippen LogP contribution in [-0.4, -0.2) is 25.1 Å². The summed E-state index contributed by atoms with van der Waals surface area (Å²) in [4.78, 5) is 17.2. The maximum Gasteiger partial charge on any atom is 0.259 e. The Morgan fingerprint density at radius 1 is 1.17 bits per heavy atom. The second-order valence-corrected chi connectivity index (χ2v) is 6.86. The van der Waals surface area contributed by atoms with E-state index in [1.54, 1.807) is 43.8 Å². The number of H-pyrrole nitrogens is 1. The van der Waals surface area contributed by atoms with Crippen molar-refractivity contribution in [2.45, 2.75) is 20.8 Å². The lowest BCUT2D eigenvalue weighted by Gasteiger charge is -2.11. The first-order chi connectivity index (χ1) is 11.5. The van der Waals surface area contributed by atoms with Crippen LogP contribution in [0.2, 0.25) is 0 Å². The van der Waals surface area contributed by atoms with E-state index in [2.05, 4.69) is 17.2 Å². The number of hydrogen-bond donors (Lipinski definition) is 2. The van der Waals surface area contributed by atoms with E-state index in [1.807, 2.05) is 13.8 Å². The lowest BCUT2D eigenvalue weighted by molar-refractivity contribution is 0.102. The van der Waals surface area contributed by atoms with E-state index in [4.69, 9.17) is 9.47 Å². The number of amides is 1. The number of carbonyl (C=O) groups excluding carboxylic acids is 1. The number of methoxy groups -OCH3 is 2. The molecule has 0 atom stereocenters. The first kappa shape index (κ1) is 16.4. The predicted octanol–water partition coefficient (Wildman–Crippen LogP) is 4.42. The second-order valence-electron chi connectivity index (χ2n) is 5.63. The normalized spacial score (nSPS) is 10.9. The topological polar surface area (TPSA) is 63.3 Å². The Labute approximate surface area is 144 Å². The number of anilines is 1. The first-order valence-electron chi connectivity index (χ1n) is 7.58. The minimum atomic E-state index is -0.150. The van der Waals surface area contributed by atoms with Crippen LogP contribution in [0.25, 0.3) is 10.2 Å². The standard InChI is InChI=1S/C18H20N2O3S/c1-9-10(2)19-16-15(11(3)24-17(9)16)18(21)20-13-7-6-12(22-4)8-14(13)23-5/h6-8,19H,1-5H3,(H,20,21). The van der Waals surface area contributed by atoms with Gasteiger partial charge in [0.1, 0.15) is 11.5 Å². The highest BCUT2D eigenvalue weighted by molar-refractivity contribution is 7.19. The highest BCUT2D eigenvalue weighted by Gasteiger charge is 2.21. The van der Waals surface area contributed by atoms with Crippen molar-refractivity contribution in [3.8, 4) is 11.5 Å². The van der Waals surface area contributed by atoms with E-state index in [0.717, 1.165) is 20.8 Å². The smallest absolute Gasteiger partial charge is 0.259 e. The zero-order chi connectivity index (χ0) is 17.4. The van der Waals surface area contributed by atoms with E-state index in [1.165, 1.54) is 5.56 Å². The van der Waals surface area contributed by atoms with Crippen LogP contribution >= 0.6 is 11.3 Å². The molecule has 6 heteroatoms. The molecule has 2 heterocycles. The number of nitrogens with one attached hydrogen (secondary N) is 2. The van der Waals surface area contributed by atoms with Gasteiger partial charge in [0.2, 0.25) is 0 Å². The molecular formula is C18H20N2O3S. The van der Waals surface area contributed by atoms with Crippen LogP contribution in [0.4, 0.5) is 5.69 Å². The van der Waals surface area contributed by atoms with E-state index < -0.39 is 0 Å². The van der Waals surface area contributed by atoms with Gasteiger partial charge in [-0.3, -0.25) is 4.79 Å². The summed E-state index contributed by atoms with van der Waals surface area (Å²) in [5.74, 6) is 1.09. The monoisotopic (exact) mass is 344 g/mol. The zero-order valence-corrected chi connectivity index (χ0v) is 15.2. The number of carbonyl (C=O) groups is 1. The molecule has 3 aromatic rings. The van der Waals surface area contributed by atoms with Gasteiger partial charge in [0, 0.05) is 16.6 Å². The molecule has 0 fully saturated rings. The van der Waals surface area contributed by atoms with Crippen molar-refractivity contribution in [1.82, 2.24) is 4.98 Å². The molecular weight excluding hydrogens is 324 g/mol. The summed E-state index contributed by atoms with van der Waals surface area (Å²) in [6.45, 7) is 6.05. The molecule has 0 unspecified atom stereocenters. The molecule has 0 aliphatic rings. The van der Waals surface area contributed by atoms with Crippen molar-refractivity contribution < 1.29 is 14.3 Å². The van der Waals surface area contributed by atoms with Crippen molar-refractivity contribution in [3.63, 3.8) is 0 Å². The van der Waals surface area contributed by atoms with E-state index in [0.29, 0.717) is 22.7 Å².